The molecule has 1 rings (SSSR count). The first kappa shape index (κ1) is 11.3. The van der Waals surface area contributed by atoms with Gasteiger partial charge in [-0.05, 0) is 34.6 Å². The van der Waals surface area contributed by atoms with Gasteiger partial charge >= 0.3 is 0 Å². The fraction of sp³-hybridized carbons (Fsp3) is 0.400. The number of halogens is 1. The van der Waals surface area contributed by atoms with Gasteiger partial charge in [-0.25, -0.2) is 0 Å². The molecule has 0 radical (unpaired) electrons. The van der Waals surface area contributed by atoms with Gasteiger partial charge in [0.1, 0.15) is 5.78 Å². The molecule has 0 unspecified atom stereocenters. The minimum atomic E-state index is 0.235. The largest absolute Gasteiger partial charge is 0.319 e. The van der Waals surface area contributed by atoms with E-state index in [1.807, 2.05) is 13.1 Å². The first-order valence-corrected chi connectivity index (χ1v) is 5.27. The van der Waals surface area contributed by atoms with Gasteiger partial charge in [-0.3, -0.25) is 9.78 Å². The van der Waals surface area contributed by atoms with Crippen LogP contribution in [0, 0.1) is 0 Å². The molecule has 3 nitrogen and oxygen atoms in total. The van der Waals surface area contributed by atoms with Crippen molar-refractivity contribution >= 4 is 21.7 Å². The third kappa shape index (κ3) is 3.98. The lowest BCUT2D eigenvalue weighted by atomic mass is 10.1. The van der Waals surface area contributed by atoms with Crippen LogP contribution in [-0.4, -0.2) is 24.4 Å². The highest BCUT2D eigenvalue weighted by atomic mass is 79.9. The van der Waals surface area contributed by atoms with E-state index in [-0.39, 0.29) is 5.78 Å². The Bertz CT molecular complexity index is 315. The van der Waals surface area contributed by atoms with Crippen LogP contribution in [-0.2, 0) is 11.2 Å². The molecule has 0 spiro atoms. The molecule has 0 aliphatic heterocycles. The number of carbonyl (C=O) groups excluding carboxylic acids is 1. The Kier molecular flexibility index (Phi) is 4.76. The molecule has 4 heteroatoms. The second kappa shape index (κ2) is 5.88. The van der Waals surface area contributed by atoms with E-state index in [9.17, 15) is 4.79 Å². The Morgan fingerprint density at radius 3 is 3.00 bits per heavy atom. The normalized spacial score (nSPS) is 10.1. The summed E-state index contributed by atoms with van der Waals surface area (Å²) >= 11 is 3.32. The van der Waals surface area contributed by atoms with Gasteiger partial charge in [-0.1, -0.05) is 0 Å². The molecule has 0 fully saturated rings. The minimum Gasteiger partial charge on any atom is -0.319 e. The van der Waals surface area contributed by atoms with Gasteiger partial charge in [0.25, 0.3) is 0 Å². The van der Waals surface area contributed by atoms with Gasteiger partial charge in [0.05, 0.1) is 0 Å². The van der Waals surface area contributed by atoms with Crippen LogP contribution in [0.15, 0.2) is 22.9 Å². The summed E-state index contributed by atoms with van der Waals surface area (Å²) in [4.78, 5) is 15.4. The summed E-state index contributed by atoms with van der Waals surface area (Å²) in [7, 11) is 1.84. The fourth-order valence-electron chi connectivity index (χ4n) is 1.13. The highest BCUT2D eigenvalue weighted by molar-refractivity contribution is 9.10. The second-order valence-electron chi connectivity index (χ2n) is 3.08. The summed E-state index contributed by atoms with van der Waals surface area (Å²) in [5, 5.41) is 2.95. The van der Waals surface area contributed by atoms with Crippen LogP contribution in [0.4, 0.5) is 0 Å². The lowest BCUT2D eigenvalue weighted by molar-refractivity contribution is -0.118. The van der Waals surface area contributed by atoms with Crippen molar-refractivity contribution in [1.82, 2.24) is 10.3 Å². The summed E-state index contributed by atoms with van der Waals surface area (Å²) in [6.07, 6.45) is 4.47. The summed E-state index contributed by atoms with van der Waals surface area (Å²) in [6.45, 7) is 0.736. The number of rotatable bonds is 5. The van der Waals surface area contributed by atoms with E-state index in [1.165, 1.54) is 0 Å². The maximum absolute atomic E-state index is 11.4. The van der Waals surface area contributed by atoms with E-state index in [1.54, 1.807) is 12.4 Å². The smallest absolute Gasteiger partial charge is 0.138 e. The summed E-state index contributed by atoms with van der Waals surface area (Å²) < 4.78 is 0.913. The van der Waals surface area contributed by atoms with Crippen molar-refractivity contribution in [2.24, 2.45) is 0 Å². The van der Waals surface area contributed by atoms with Crippen LogP contribution < -0.4 is 5.32 Å². The monoisotopic (exact) mass is 256 g/mol. The van der Waals surface area contributed by atoms with Crippen LogP contribution in [0.5, 0.6) is 0 Å². The average molecular weight is 257 g/mol. The molecule has 0 aliphatic carbocycles. The number of nitrogens with one attached hydrogen (secondary N) is 1. The van der Waals surface area contributed by atoms with Crippen molar-refractivity contribution in [3.05, 3.63) is 28.5 Å². The van der Waals surface area contributed by atoms with Crippen molar-refractivity contribution in [2.75, 3.05) is 13.6 Å². The molecule has 0 saturated heterocycles. The van der Waals surface area contributed by atoms with Crippen LogP contribution in [0.1, 0.15) is 12.0 Å². The number of nitrogens with zero attached hydrogens (tertiary/aromatic N) is 1. The zero-order valence-electron chi connectivity index (χ0n) is 8.09. The van der Waals surface area contributed by atoms with Crippen molar-refractivity contribution in [2.45, 2.75) is 12.8 Å². The predicted molar refractivity (Wildman–Crippen MR) is 59.2 cm³/mol. The molecule has 0 aromatic carbocycles. The van der Waals surface area contributed by atoms with E-state index in [0.29, 0.717) is 12.8 Å². The molecule has 1 N–H and O–H groups in total. The molecule has 1 heterocycles. The molecule has 0 saturated carbocycles. The lowest BCUT2D eigenvalue weighted by Gasteiger charge is -2.00. The summed E-state index contributed by atoms with van der Waals surface area (Å²) in [5.74, 6) is 0.235. The minimum absolute atomic E-state index is 0.235. The number of carbonyl (C=O) groups is 1. The van der Waals surface area contributed by atoms with Crippen molar-refractivity contribution < 1.29 is 4.79 Å². The Balaban J connectivity index is 2.47. The highest BCUT2D eigenvalue weighted by Gasteiger charge is 2.03. The molecular formula is C10H13BrN2O. The molecule has 76 valence electrons. The SMILES string of the molecule is CNCCC(=O)Cc1cncc(Br)c1. The first-order valence-electron chi connectivity index (χ1n) is 4.48. The third-order valence-electron chi connectivity index (χ3n) is 1.82. The lowest BCUT2D eigenvalue weighted by Crippen LogP contribution is -2.14. The Morgan fingerprint density at radius 2 is 2.36 bits per heavy atom. The van der Waals surface area contributed by atoms with Gasteiger partial charge in [-0.2, -0.15) is 0 Å². The predicted octanol–water partition coefficient (Wildman–Crippen LogP) is 1.57. The quantitative estimate of drug-likeness (QED) is 0.870. The van der Waals surface area contributed by atoms with Gasteiger partial charge in [0, 0.05) is 36.3 Å². The van der Waals surface area contributed by atoms with Gasteiger partial charge < -0.3 is 5.32 Å². The van der Waals surface area contributed by atoms with Crippen LogP contribution in [0.3, 0.4) is 0 Å². The van der Waals surface area contributed by atoms with E-state index in [4.69, 9.17) is 0 Å². The number of aromatic nitrogens is 1. The van der Waals surface area contributed by atoms with Crippen LogP contribution in [0.2, 0.25) is 0 Å². The number of Topliss-reactive ketones (excluding diaryl/α,β-unsaturated/α-hetero) is 1. The van der Waals surface area contributed by atoms with Gasteiger partial charge in [0.15, 0.2) is 0 Å². The summed E-state index contributed by atoms with van der Waals surface area (Å²) in [5.41, 5.74) is 0.959. The van der Waals surface area contributed by atoms with E-state index in [2.05, 4.69) is 26.2 Å². The standard InChI is InChI=1S/C10H13BrN2O/c1-12-3-2-10(14)5-8-4-9(11)7-13-6-8/h4,6-7,12H,2-3,5H2,1H3. The zero-order valence-corrected chi connectivity index (χ0v) is 9.67. The Morgan fingerprint density at radius 1 is 1.57 bits per heavy atom. The van der Waals surface area contributed by atoms with Crippen molar-refractivity contribution in [1.29, 1.82) is 0 Å². The highest BCUT2D eigenvalue weighted by Crippen LogP contribution is 2.10. The topological polar surface area (TPSA) is 42.0 Å². The Hall–Kier alpha value is -0.740. The number of hydrogen-bond acceptors (Lipinski definition) is 3. The molecule has 1 aromatic heterocycles. The number of hydrogen-bond donors (Lipinski definition) is 1. The van der Waals surface area contributed by atoms with Crippen LogP contribution >= 0.6 is 15.9 Å². The average Bonchev–Trinajstić information content (AvgIpc) is 2.15. The fourth-order valence-corrected chi connectivity index (χ4v) is 1.55. The maximum Gasteiger partial charge on any atom is 0.138 e. The number of pyridine rings is 1. The van der Waals surface area contributed by atoms with Gasteiger partial charge in [-0.15, -0.1) is 0 Å². The van der Waals surface area contributed by atoms with Gasteiger partial charge in [0.2, 0.25) is 0 Å². The molecule has 14 heavy (non-hydrogen) atoms. The molecular weight excluding hydrogens is 244 g/mol. The second-order valence-corrected chi connectivity index (χ2v) is 4.00. The Labute approximate surface area is 92.1 Å². The third-order valence-corrected chi connectivity index (χ3v) is 2.25. The maximum atomic E-state index is 11.4. The zero-order chi connectivity index (χ0) is 10.4. The van der Waals surface area contributed by atoms with E-state index < -0.39 is 0 Å². The molecule has 0 atom stereocenters. The molecule has 0 bridgehead atoms. The van der Waals surface area contributed by atoms with Crippen LogP contribution in [0.25, 0.3) is 0 Å². The molecule has 0 aliphatic rings. The number of ketones is 1. The van der Waals surface area contributed by atoms with E-state index in [0.717, 1.165) is 16.6 Å². The first-order chi connectivity index (χ1) is 6.72. The van der Waals surface area contributed by atoms with Crippen molar-refractivity contribution in [3.63, 3.8) is 0 Å². The molecule has 0 amide bonds. The summed E-state index contributed by atoms with van der Waals surface area (Å²) in [6, 6.07) is 1.92. The van der Waals surface area contributed by atoms with E-state index >= 15 is 0 Å². The molecule has 1 aromatic rings. The van der Waals surface area contributed by atoms with Crippen molar-refractivity contribution in [3.8, 4) is 0 Å².